The standard InChI is InChI=1S/C23H23N7.C22H21N7O.C17H20BrN5.C6H5BN2O2.H2/c1-15(2)22-28-29-23-21(26-10-9-17-7-5-16(3)6-8-17)27-20(14-30(22)23)18-11-19(24-4)13-25-12-18;1-14(2)21-27-28-22-20(25-9-8-15-4-6-18(30)7-5-15)26-19(13-29(21)22)16-10-17(23-3)12-24-11-16;1-11(2)16-21-22-17-15(20-14(18)10-23(16)17)19-9-8-13-6-4-12(3)5-7-13;1-8-6-2-5(7(10)11)3-9-4-6;/h5-8,11-15H,9-10H2,1-3H3,(H,26,27);4-7,10-14,30H,8-9H2,1-2H3,(H,25,26);4-7,10-11H,8-9H2,1-3H3,(H,19,20);2-4,10-11H;1H. The molecule has 94 heavy (non-hydrogen) atoms. The molecule has 0 atom stereocenters. The molecule has 9 heterocycles. The first-order valence-corrected chi connectivity index (χ1v) is 31.0. The van der Waals surface area contributed by atoms with Crippen LogP contribution in [0.25, 0.3) is 54.0 Å². The Labute approximate surface area is 554 Å². The molecular weight excluding hydrogens is 1250 g/mol. The number of pyridine rings is 3. The molecule has 0 saturated heterocycles. The van der Waals surface area contributed by atoms with Crippen LogP contribution in [0.3, 0.4) is 0 Å². The summed E-state index contributed by atoms with van der Waals surface area (Å²) >= 11 is 3.47. The minimum absolute atomic E-state index is 0. The molecule has 476 valence electrons. The maximum absolute atomic E-state index is 9.43. The van der Waals surface area contributed by atoms with Gasteiger partial charge in [0.25, 0.3) is 0 Å². The first-order chi connectivity index (χ1) is 45.4. The highest BCUT2D eigenvalue weighted by molar-refractivity contribution is 9.10. The Bertz CT molecular complexity index is 4480. The number of nitrogens with zero attached hydrogens (tertiary/aromatic N) is 18. The molecule has 0 aliphatic rings. The van der Waals surface area contributed by atoms with Gasteiger partial charge in [-0.3, -0.25) is 28.2 Å². The van der Waals surface area contributed by atoms with E-state index in [0.717, 1.165) is 88.3 Å². The molecule has 26 heteroatoms. The fourth-order valence-electron chi connectivity index (χ4n) is 9.58. The van der Waals surface area contributed by atoms with Gasteiger partial charge in [-0.2, -0.15) is 0 Å². The number of halogens is 1. The Hall–Kier alpha value is -11.1. The third-order valence-electron chi connectivity index (χ3n) is 14.5. The molecule has 0 aliphatic heterocycles. The van der Waals surface area contributed by atoms with E-state index in [1.54, 1.807) is 42.9 Å². The molecule has 0 fully saturated rings. The van der Waals surface area contributed by atoms with Crippen LogP contribution in [-0.2, 0) is 19.3 Å². The smallest absolute Gasteiger partial charge is 0.488 e. The van der Waals surface area contributed by atoms with Gasteiger partial charge in [0.2, 0.25) is 34.0 Å². The Morgan fingerprint density at radius 1 is 0.479 bits per heavy atom. The molecule has 9 aromatic heterocycles. The van der Waals surface area contributed by atoms with Crippen molar-refractivity contribution in [1.82, 2.24) is 73.7 Å². The van der Waals surface area contributed by atoms with Crippen LogP contribution in [0.4, 0.5) is 34.5 Å². The van der Waals surface area contributed by atoms with Crippen LogP contribution >= 0.6 is 15.9 Å². The van der Waals surface area contributed by atoms with E-state index in [-0.39, 0.29) is 24.5 Å². The molecular formula is C68H71BBrN21O3. The Kier molecular flexibility index (Phi) is 22.7. The predicted octanol–water partition coefficient (Wildman–Crippen LogP) is 12.6. The van der Waals surface area contributed by atoms with E-state index in [0.29, 0.717) is 58.1 Å². The summed E-state index contributed by atoms with van der Waals surface area (Å²) in [6.45, 7) is 40.0. The number of anilines is 3. The lowest BCUT2D eigenvalue weighted by Crippen LogP contribution is -2.29. The van der Waals surface area contributed by atoms with Crippen LogP contribution in [0, 0.1) is 33.6 Å². The van der Waals surface area contributed by atoms with E-state index in [4.69, 9.17) is 39.7 Å². The molecule has 6 N–H and O–H groups in total. The highest BCUT2D eigenvalue weighted by Crippen LogP contribution is 2.29. The van der Waals surface area contributed by atoms with Crippen molar-refractivity contribution in [1.29, 1.82) is 0 Å². The van der Waals surface area contributed by atoms with Crippen molar-refractivity contribution in [3.8, 4) is 28.3 Å². The first-order valence-electron chi connectivity index (χ1n) is 30.3. The highest BCUT2D eigenvalue weighted by atomic mass is 79.9. The van der Waals surface area contributed by atoms with Crippen LogP contribution in [-0.4, -0.2) is 116 Å². The Morgan fingerprint density at radius 2 is 0.830 bits per heavy atom. The molecule has 12 aromatic rings. The van der Waals surface area contributed by atoms with Crippen LogP contribution in [0.5, 0.6) is 5.75 Å². The lowest BCUT2D eigenvalue weighted by molar-refractivity contribution is 0.425. The van der Waals surface area contributed by atoms with Crippen molar-refractivity contribution in [2.75, 3.05) is 35.6 Å². The van der Waals surface area contributed by atoms with Gasteiger partial charge in [-0.25, -0.2) is 29.5 Å². The summed E-state index contributed by atoms with van der Waals surface area (Å²) in [6.07, 6.45) is 17.5. The van der Waals surface area contributed by atoms with Gasteiger partial charge in [0, 0.05) is 106 Å². The summed E-state index contributed by atoms with van der Waals surface area (Å²) in [4.78, 5) is 36.0. The number of hydrogen-bond donors (Lipinski definition) is 6. The summed E-state index contributed by atoms with van der Waals surface area (Å²) in [5.74, 6) is 5.65. The number of phenols is 1. The predicted molar refractivity (Wildman–Crippen MR) is 371 cm³/mol. The van der Waals surface area contributed by atoms with Crippen LogP contribution < -0.4 is 21.4 Å². The third kappa shape index (κ3) is 17.5. The van der Waals surface area contributed by atoms with Crippen LogP contribution in [0.1, 0.15) is 106 Å². The SMILES string of the molecule is Cc1ccc(CCNc2nc(Br)cn3c(C(C)C)nnc23)cc1.[C-]#[N+]c1cncc(-c2cn3c(C(C)C)nnc3c(NCCc3ccc(C)cc3)n2)c1.[C-]#[N+]c1cncc(-c2cn3c(C(C)C)nnc3c(NCCc3ccc(O)cc3)n2)c1.[C-]#[N+]c1cncc(B(O)O)c1.[HH]. The zero-order chi connectivity index (χ0) is 66.8. The third-order valence-corrected chi connectivity index (χ3v) is 14.9. The van der Waals surface area contributed by atoms with E-state index >= 15 is 0 Å². The lowest BCUT2D eigenvalue weighted by atomic mass is 9.81. The number of aromatic hydroxyl groups is 1. The van der Waals surface area contributed by atoms with Crippen molar-refractivity contribution < 1.29 is 16.6 Å². The molecule has 0 unspecified atom stereocenters. The second kappa shape index (κ2) is 31.8. The number of benzene rings is 3. The first kappa shape index (κ1) is 67.3. The molecule has 3 aromatic carbocycles. The van der Waals surface area contributed by atoms with E-state index < -0.39 is 7.12 Å². The van der Waals surface area contributed by atoms with Crippen LogP contribution in [0.15, 0.2) is 151 Å². The van der Waals surface area contributed by atoms with E-state index in [1.165, 1.54) is 46.9 Å². The summed E-state index contributed by atoms with van der Waals surface area (Å²) < 4.78 is 6.69. The van der Waals surface area contributed by atoms with Gasteiger partial charge in [0.05, 0.1) is 31.1 Å². The molecule has 24 nitrogen and oxygen atoms in total. The number of hydrogen-bond acceptors (Lipinski definition) is 18. The van der Waals surface area contributed by atoms with Gasteiger partial charge < -0.3 is 31.1 Å². The van der Waals surface area contributed by atoms with E-state index in [2.05, 4.69) is 201 Å². The van der Waals surface area contributed by atoms with Gasteiger partial charge in [-0.15, -0.1) is 30.6 Å². The van der Waals surface area contributed by atoms with Gasteiger partial charge in [-0.1, -0.05) is 119 Å². The number of aromatic nitrogens is 15. The minimum atomic E-state index is -1.55. The number of rotatable bonds is 18. The summed E-state index contributed by atoms with van der Waals surface area (Å²) in [5.41, 5.74) is 12.8. The molecule has 0 bridgehead atoms. The normalized spacial score (nSPS) is 10.8. The van der Waals surface area contributed by atoms with Gasteiger partial charge in [-0.05, 0) is 95.5 Å². The van der Waals surface area contributed by atoms with Crippen molar-refractivity contribution in [3.63, 3.8) is 0 Å². The average molecular weight is 1320 g/mol. The largest absolute Gasteiger partial charge is 0.508 e. The summed E-state index contributed by atoms with van der Waals surface area (Å²) in [7, 11) is -1.55. The topological polar surface area (TPSA) is 278 Å². The summed E-state index contributed by atoms with van der Waals surface area (Å²) in [6, 6.07) is 29.2. The second-order valence-electron chi connectivity index (χ2n) is 22.8. The number of nitrogens with one attached hydrogen (secondary N) is 3. The molecule has 12 rings (SSSR count). The van der Waals surface area contributed by atoms with E-state index in [1.807, 2.05) is 43.9 Å². The van der Waals surface area contributed by atoms with Crippen molar-refractivity contribution in [3.05, 3.63) is 231 Å². The minimum Gasteiger partial charge on any atom is -0.508 e. The molecule has 0 aliphatic carbocycles. The maximum Gasteiger partial charge on any atom is 0.488 e. The van der Waals surface area contributed by atoms with Crippen molar-refractivity contribution in [2.45, 2.75) is 92.4 Å². The summed E-state index contributed by atoms with van der Waals surface area (Å²) in [5, 5.41) is 62.9. The zero-order valence-corrected chi connectivity index (χ0v) is 54.8. The zero-order valence-electron chi connectivity index (χ0n) is 53.2. The monoisotopic (exact) mass is 1320 g/mol. The highest BCUT2D eigenvalue weighted by Gasteiger charge is 2.20. The number of fused-ring (bicyclic) bond motifs is 3. The van der Waals surface area contributed by atoms with Crippen molar-refractivity contribution in [2.24, 2.45) is 0 Å². The number of aryl methyl sites for hydroxylation is 2. The number of phenolic OH excluding ortho intramolecular Hbond substituents is 1. The fraction of sp³-hybridized carbons (Fsp3) is 0.250. The second-order valence-corrected chi connectivity index (χ2v) is 23.6. The van der Waals surface area contributed by atoms with Gasteiger partial charge in [0.15, 0.2) is 17.5 Å². The van der Waals surface area contributed by atoms with Crippen molar-refractivity contribution >= 4 is 80.0 Å². The molecule has 0 amide bonds. The molecule has 0 radical (unpaired) electrons. The molecule has 0 spiro atoms. The lowest BCUT2D eigenvalue weighted by Gasteiger charge is -2.11. The molecule has 0 saturated carbocycles. The van der Waals surface area contributed by atoms with Gasteiger partial charge >= 0.3 is 7.12 Å². The Balaban J connectivity index is 0.000000169. The quantitative estimate of drug-likeness (QED) is 0.0344. The van der Waals surface area contributed by atoms with Gasteiger partial charge in [0.1, 0.15) is 27.8 Å². The Morgan fingerprint density at radius 3 is 1.20 bits per heavy atom. The van der Waals surface area contributed by atoms with Crippen LogP contribution in [0.2, 0.25) is 0 Å². The fourth-order valence-corrected chi connectivity index (χ4v) is 9.96. The maximum atomic E-state index is 9.43. The average Bonchev–Trinajstić information content (AvgIpc) is 1.70. The van der Waals surface area contributed by atoms with E-state index in [9.17, 15) is 5.11 Å².